The van der Waals surface area contributed by atoms with Gasteiger partial charge in [-0.2, -0.15) is 0 Å². The third-order valence-electron chi connectivity index (χ3n) is 2.55. The second kappa shape index (κ2) is 5.71. The van der Waals surface area contributed by atoms with Crippen molar-refractivity contribution in [2.45, 2.75) is 17.6 Å². The Kier molecular flexibility index (Phi) is 4.01. The zero-order chi connectivity index (χ0) is 13.8. The molecule has 0 saturated heterocycles. The first-order valence-electron chi connectivity index (χ1n) is 5.55. The van der Waals surface area contributed by atoms with Crippen molar-refractivity contribution in [3.8, 4) is 0 Å². The molecule has 98 valence electrons. The molecule has 0 aliphatic heterocycles. The Morgan fingerprint density at radius 1 is 1.42 bits per heavy atom. The van der Waals surface area contributed by atoms with Gasteiger partial charge in [-0.05, 0) is 24.6 Å². The number of nitrogens with zero attached hydrogens (tertiary/aromatic N) is 2. The van der Waals surface area contributed by atoms with Crippen LogP contribution in [-0.2, 0) is 16.6 Å². The summed E-state index contributed by atoms with van der Waals surface area (Å²) in [5.74, 6) is -1.05. The average Bonchev–Trinajstić information content (AvgIpc) is 2.39. The normalized spacial score (nSPS) is 12.1. The minimum atomic E-state index is -1.33. The smallest absolute Gasteiger partial charge is 0.339 e. The molecule has 6 heteroatoms. The highest BCUT2D eigenvalue weighted by molar-refractivity contribution is 7.84. The molecule has 2 aromatic rings. The second-order valence-electron chi connectivity index (χ2n) is 3.99. The number of carboxylic acid groups (broad SMARTS) is 1. The first kappa shape index (κ1) is 13.4. The van der Waals surface area contributed by atoms with E-state index < -0.39 is 16.8 Å². The van der Waals surface area contributed by atoms with Crippen LogP contribution in [0.4, 0.5) is 0 Å². The summed E-state index contributed by atoms with van der Waals surface area (Å²) in [6.45, 7) is 1.91. The van der Waals surface area contributed by atoms with Gasteiger partial charge in [0.15, 0.2) is 0 Å². The molecule has 0 saturated carbocycles. The van der Waals surface area contributed by atoms with Crippen LogP contribution < -0.4 is 0 Å². The maximum atomic E-state index is 12.2. The molecule has 1 aromatic carbocycles. The Balaban J connectivity index is 2.27. The number of aryl methyl sites for hydroxylation is 1. The van der Waals surface area contributed by atoms with Crippen LogP contribution in [0.3, 0.4) is 0 Å². The Labute approximate surface area is 112 Å². The molecule has 0 aliphatic rings. The molecule has 1 heterocycles. The molecule has 0 bridgehead atoms. The number of benzene rings is 1. The molecule has 19 heavy (non-hydrogen) atoms. The number of carboxylic acids is 1. The Morgan fingerprint density at radius 2 is 2.21 bits per heavy atom. The summed E-state index contributed by atoms with van der Waals surface area (Å²) in [5, 5.41) is 9.01. The van der Waals surface area contributed by atoms with Crippen molar-refractivity contribution in [3.63, 3.8) is 0 Å². The molecular weight excluding hydrogens is 264 g/mol. The molecule has 1 N–H and O–H groups in total. The number of aromatic nitrogens is 2. The number of hydrogen-bond acceptors (Lipinski definition) is 4. The van der Waals surface area contributed by atoms with E-state index in [9.17, 15) is 9.00 Å². The lowest BCUT2D eigenvalue weighted by Crippen LogP contribution is -2.08. The van der Waals surface area contributed by atoms with Crippen LogP contribution in [0.5, 0.6) is 0 Å². The molecule has 0 spiro atoms. The Bertz CT molecular complexity index is 643. The second-order valence-corrected chi connectivity index (χ2v) is 5.45. The molecule has 1 unspecified atom stereocenters. The summed E-state index contributed by atoms with van der Waals surface area (Å²) in [5.41, 5.74) is 1.28. The van der Waals surface area contributed by atoms with E-state index in [0.717, 1.165) is 5.56 Å². The molecule has 0 amide bonds. The van der Waals surface area contributed by atoms with Crippen molar-refractivity contribution in [1.29, 1.82) is 0 Å². The summed E-state index contributed by atoms with van der Waals surface area (Å²) in [7, 11) is -1.33. The highest BCUT2D eigenvalue weighted by Crippen LogP contribution is 2.14. The summed E-state index contributed by atoms with van der Waals surface area (Å²) >= 11 is 0. The highest BCUT2D eigenvalue weighted by atomic mass is 32.2. The van der Waals surface area contributed by atoms with E-state index in [1.807, 2.05) is 25.1 Å². The molecule has 1 atom stereocenters. The van der Waals surface area contributed by atoms with Crippen LogP contribution in [0, 0.1) is 6.92 Å². The average molecular weight is 276 g/mol. The van der Waals surface area contributed by atoms with Gasteiger partial charge in [0.25, 0.3) is 0 Å². The van der Waals surface area contributed by atoms with E-state index in [4.69, 9.17) is 5.11 Å². The molecule has 1 aromatic heterocycles. The van der Waals surface area contributed by atoms with Crippen molar-refractivity contribution in [1.82, 2.24) is 9.97 Å². The lowest BCUT2D eigenvalue weighted by atomic mass is 10.2. The van der Waals surface area contributed by atoms with E-state index in [1.165, 1.54) is 12.5 Å². The van der Waals surface area contributed by atoms with Gasteiger partial charge in [0, 0.05) is 11.1 Å². The van der Waals surface area contributed by atoms with Gasteiger partial charge in [-0.25, -0.2) is 14.8 Å². The third-order valence-corrected chi connectivity index (χ3v) is 3.86. The third kappa shape index (κ3) is 3.23. The largest absolute Gasteiger partial charge is 0.478 e. The molecule has 5 nitrogen and oxygen atoms in total. The van der Waals surface area contributed by atoms with Crippen LogP contribution in [-0.4, -0.2) is 25.3 Å². The van der Waals surface area contributed by atoms with Crippen molar-refractivity contribution in [2.75, 3.05) is 0 Å². The van der Waals surface area contributed by atoms with Gasteiger partial charge in [0.05, 0.1) is 22.2 Å². The zero-order valence-electron chi connectivity index (χ0n) is 10.2. The van der Waals surface area contributed by atoms with E-state index in [2.05, 4.69) is 9.97 Å². The zero-order valence-corrected chi connectivity index (χ0v) is 11.1. The first-order chi connectivity index (χ1) is 9.08. The minimum absolute atomic E-state index is 0.0106. The maximum Gasteiger partial charge on any atom is 0.339 e. The van der Waals surface area contributed by atoms with Gasteiger partial charge in [0.1, 0.15) is 11.9 Å². The van der Waals surface area contributed by atoms with E-state index in [1.54, 1.807) is 6.07 Å². The van der Waals surface area contributed by atoms with E-state index in [0.29, 0.717) is 4.90 Å². The molecular formula is C13H12N2O3S. The topological polar surface area (TPSA) is 80.2 Å². The molecule has 2 rings (SSSR count). The predicted octanol–water partition coefficient (Wildman–Crippen LogP) is 1.79. The number of carbonyl (C=O) groups is 1. The molecule has 0 radical (unpaired) electrons. The van der Waals surface area contributed by atoms with E-state index >= 15 is 0 Å². The van der Waals surface area contributed by atoms with Crippen LogP contribution >= 0.6 is 0 Å². The van der Waals surface area contributed by atoms with Gasteiger partial charge in [-0.3, -0.25) is 4.21 Å². The van der Waals surface area contributed by atoms with Gasteiger partial charge >= 0.3 is 5.97 Å². The SMILES string of the molecule is Cc1cccc(S(=O)Cc2ncncc2C(=O)O)c1. The maximum absolute atomic E-state index is 12.2. The quantitative estimate of drug-likeness (QED) is 0.920. The monoisotopic (exact) mass is 276 g/mol. The van der Waals surface area contributed by atoms with Crippen molar-refractivity contribution in [3.05, 3.63) is 53.6 Å². The highest BCUT2D eigenvalue weighted by Gasteiger charge is 2.15. The summed E-state index contributed by atoms with van der Waals surface area (Å²) in [6.07, 6.45) is 2.48. The lowest BCUT2D eigenvalue weighted by molar-refractivity contribution is 0.0695. The number of rotatable bonds is 4. The van der Waals surface area contributed by atoms with Crippen LogP contribution in [0.2, 0.25) is 0 Å². The lowest BCUT2D eigenvalue weighted by Gasteiger charge is -2.05. The van der Waals surface area contributed by atoms with Crippen molar-refractivity contribution in [2.24, 2.45) is 0 Å². The van der Waals surface area contributed by atoms with Gasteiger partial charge in [-0.1, -0.05) is 12.1 Å². The fourth-order valence-corrected chi connectivity index (χ4v) is 2.81. The summed E-state index contributed by atoms with van der Waals surface area (Å²) in [6, 6.07) is 7.30. The van der Waals surface area contributed by atoms with Gasteiger partial charge < -0.3 is 5.11 Å². The van der Waals surface area contributed by atoms with Crippen LogP contribution in [0.25, 0.3) is 0 Å². The van der Waals surface area contributed by atoms with Crippen LogP contribution in [0.15, 0.2) is 41.7 Å². The fourth-order valence-electron chi connectivity index (χ4n) is 1.61. The van der Waals surface area contributed by atoms with Crippen molar-refractivity contribution < 1.29 is 14.1 Å². The van der Waals surface area contributed by atoms with E-state index in [-0.39, 0.29) is 17.0 Å². The first-order valence-corrected chi connectivity index (χ1v) is 6.87. The fraction of sp³-hybridized carbons (Fsp3) is 0.154. The molecule has 0 fully saturated rings. The van der Waals surface area contributed by atoms with Crippen molar-refractivity contribution >= 4 is 16.8 Å². The predicted molar refractivity (Wildman–Crippen MR) is 70.3 cm³/mol. The Morgan fingerprint density at radius 3 is 2.89 bits per heavy atom. The van der Waals surface area contributed by atoms with Gasteiger partial charge in [0.2, 0.25) is 0 Å². The molecule has 0 aliphatic carbocycles. The standard InChI is InChI=1S/C13H12N2O3S/c1-9-3-2-4-10(5-9)19(18)7-12-11(13(16)17)6-14-8-15-12/h2-6,8H,7H2,1H3,(H,16,17). The summed E-state index contributed by atoms with van der Waals surface area (Å²) in [4.78, 5) is 19.2. The number of hydrogen-bond donors (Lipinski definition) is 1. The number of aromatic carboxylic acids is 1. The van der Waals surface area contributed by atoms with Crippen LogP contribution in [0.1, 0.15) is 21.6 Å². The van der Waals surface area contributed by atoms with Gasteiger partial charge in [-0.15, -0.1) is 0 Å². The summed E-state index contributed by atoms with van der Waals surface area (Å²) < 4.78 is 12.2. The Hall–Kier alpha value is -2.08. The minimum Gasteiger partial charge on any atom is -0.478 e.